The Labute approximate surface area is 151 Å². The molecule has 0 aliphatic heterocycles. The third kappa shape index (κ3) is 4.60. The first-order chi connectivity index (χ1) is 12.1. The number of halogens is 1. The molecule has 0 bridgehead atoms. The van der Waals surface area contributed by atoms with E-state index in [2.05, 4.69) is 9.97 Å². The fourth-order valence-corrected chi connectivity index (χ4v) is 2.32. The second kappa shape index (κ2) is 7.70. The second-order valence-electron chi connectivity index (χ2n) is 5.81. The molecule has 1 heterocycles. The summed E-state index contributed by atoms with van der Waals surface area (Å²) in [7, 11) is 0. The lowest BCUT2D eigenvalue weighted by Crippen LogP contribution is -2.14. The first-order valence-corrected chi connectivity index (χ1v) is 8.56. The zero-order valence-corrected chi connectivity index (χ0v) is 14.9. The summed E-state index contributed by atoms with van der Waals surface area (Å²) in [5.74, 6) is 1.45. The molecule has 1 aliphatic rings. The van der Waals surface area contributed by atoms with Crippen LogP contribution in [-0.2, 0) is 4.74 Å². The molecule has 1 aromatic carbocycles. The lowest BCUT2D eigenvalue weighted by molar-refractivity contribution is 0.101. The highest BCUT2D eigenvalue weighted by molar-refractivity contribution is 6.30. The minimum Gasteiger partial charge on any atom is -0.475 e. The van der Waals surface area contributed by atoms with Crippen LogP contribution in [0.4, 0.5) is 4.79 Å². The molecule has 6 nitrogen and oxygen atoms in total. The monoisotopic (exact) mass is 362 g/mol. The number of carbonyl (C=O) groups excluding carboxylic acids is 1. The number of aryl methyl sites for hydroxylation is 1. The molecule has 0 amide bonds. The lowest BCUT2D eigenvalue weighted by Gasteiger charge is -2.13. The molecule has 0 atom stereocenters. The van der Waals surface area contributed by atoms with E-state index >= 15 is 0 Å². The Morgan fingerprint density at radius 3 is 2.60 bits per heavy atom. The number of carbonyl (C=O) groups is 1. The summed E-state index contributed by atoms with van der Waals surface area (Å²) in [6.45, 7) is 4.20. The van der Waals surface area contributed by atoms with Crippen molar-refractivity contribution in [2.45, 2.75) is 26.7 Å². The summed E-state index contributed by atoms with van der Waals surface area (Å²) in [4.78, 5) is 20.5. The van der Waals surface area contributed by atoms with Crippen molar-refractivity contribution < 1.29 is 19.0 Å². The number of ether oxygens (including phenoxy) is 3. The van der Waals surface area contributed by atoms with Gasteiger partial charge in [-0.05, 0) is 56.9 Å². The van der Waals surface area contributed by atoms with Crippen molar-refractivity contribution >= 4 is 17.8 Å². The van der Waals surface area contributed by atoms with E-state index in [1.807, 2.05) is 12.1 Å². The molecule has 7 heteroatoms. The lowest BCUT2D eigenvalue weighted by atomic mass is 10.2. The van der Waals surface area contributed by atoms with Crippen LogP contribution in [-0.4, -0.2) is 29.3 Å². The smallest absolute Gasteiger partial charge is 0.475 e. The standard InChI is InChI=1S/C18H19ClN2O4/c1-3-23-18(22)25-15-11(2)20-16(13-6-8-14(19)9-7-13)21-17(15)24-10-12-4-5-12/h6-9,12H,3-5,10H2,1-2H3. The number of hydrogen-bond acceptors (Lipinski definition) is 6. The van der Waals surface area contributed by atoms with Crippen LogP contribution in [0.15, 0.2) is 24.3 Å². The predicted octanol–water partition coefficient (Wildman–Crippen LogP) is 4.43. The Morgan fingerprint density at radius 1 is 1.24 bits per heavy atom. The van der Waals surface area contributed by atoms with Crippen molar-refractivity contribution in [3.8, 4) is 23.0 Å². The van der Waals surface area contributed by atoms with E-state index in [1.165, 1.54) is 0 Å². The average Bonchev–Trinajstić information content (AvgIpc) is 3.40. The average molecular weight is 363 g/mol. The van der Waals surface area contributed by atoms with Crippen LogP contribution in [0.2, 0.25) is 5.02 Å². The third-order valence-corrected chi connectivity index (χ3v) is 3.96. The van der Waals surface area contributed by atoms with Crippen LogP contribution in [0.3, 0.4) is 0 Å². The highest BCUT2D eigenvalue weighted by Gasteiger charge is 2.25. The number of hydrogen-bond donors (Lipinski definition) is 0. The molecule has 1 aliphatic carbocycles. The number of nitrogens with zero attached hydrogens (tertiary/aromatic N) is 2. The van der Waals surface area contributed by atoms with Crippen molar-refractivity contribution in [2.75, 3.05) is 13.2 Å². The molecule has 1 fully saturated rings. The maximum Gasteiger partial charge on any atom is 0.514 e. The molecule has 1 saturated carbocycles. The topological polar surface area (TPSA) is 70.5 Å². The third-order valence-electron chi connectivity index (χ3n) is 3.71. The maximum atomic E-state index is 11.7. The molecule has 0 saturated heterocycles. The largest absolute Gasteiger partial charge is 0.514 e. The van der Waals surface area contributed by atoms with Crippen LogP contribution in [0.1, 0.15) is 25.5 Å². The molecule has 0 spiro atoms. The Morgan fingerprint density at radius 2 is 1.96 bits per heavy atom. The molecular weight excluding hydrogens is 344 g/mol. The van der Waals surface area contributed by atoms with Gasteiger partial charge in [-0.1, -0.05) is 11.6 Å². The van der Waals surface area contributed by atoms with Gasteiger partial charge in [-0.15, -0.1) is 0 Å². The van der Waals surface area contributed by atoms with Crippen molar-refractivity contribution in [1.29, 1.82) is 0 Å². The normalized spacial score (nSPS) is 13.4. The molecule has 3 rings (SSSR count). The first-order valence-electron chi connectivity index (χ1n) is 8.18. The van der Waals surface area contributed by atoms with Gasteiger partial charge in [-0.2, -0.15) is 4.98 Å². The van der Waals surface area contributed by atoms with Crippen molar-refractivity contribution in [3.05, 3.63) is 35.0 Å². The maximum absolute atomic E-state index is 11.7. The highest BCUT2D eigenvalue weighted by Crippen LogP contribution is 2.34. The molecule has 0 radical (unpaired) electrons. The number of rotatable bonds is 6. The Bertz CT molecular complexity index is 760. The molecule has 132 valence electrons. The van der Waals surface area contributed by atoms with E-state index in [-0.39, 0.29) is 18.2 Å². The number of aromatic nitrogens is 2. The minimum atomic E-state index is -0.801. The summed E-state index contributed by atoms with van der Waals surface area (Å²) in [6.07, 6.45) is 1.48. The van der Waals surface area contributed by atoms with Crippen molar-refractivity contribution in [1.82, 2.24) is 9.97 Å². The molecule has 0 unspecified atom stereocenters. The zero-order valence-electron chi connectivity index (χ0n) is 14.1. The van der Waals surface area contributed by atoms with Gasteiger partial charge in [0, 0.05) is 10.6 Å². The number of benzene rings is 1. The van der Waals surface area contributed by atoms with E-state index in [1.54, 1.807) is 26.0 Å². The highest BCUT2D eigenvalue weighted by atomic mass is 35.5. The van der Waals surface area contributed by atoms with Gasteiger partial charge < -0.3 is 14.2 Å². The fraction of sp³-hybridized carbons (Fsp3) is 0.389. The first kappa shape index (κ1) is 17.5. The minimum absolute atomic E-state index is 0.191. The van der Waals surface area contributed by atoms with Gasteiger partial charge in [0.2, 0.25) is 5.75 Å². The Hall–Kier alpha value is -2.34. The SMILES string of the molecule is CCOC(=O)Oc1c(C)nc(-c2ccc(Cl)cc2)nc1OCC1CC1. The Kier molecular flexibility index (Phi) is 5.38. The molecule has 0 N–H and O–H groups in total. The van der Waals surface area contributed by atoms with Crippen LogP contribution < -0.4 is 9.47 Å². The van der Waals surface area contributed by atoms with Gasteiger partial charge in [-0.25, -0.2) is 9.78 Å². The van der Waals surface area contributed by atoms with Crippen LogP contribution in [0.5, 0.6) is 11.6 Å². The molecule has 25 heavy (non-hydrogen) atoms. The second-order valence-corrected chi connectivity index (χ2v) is 6.25. The van der Waals surface area contributed by atoms with E-state index in [0.29, 0.717) is 29.1 Å². The summed E-state index contributed by atoms with van der Waals surface area (Å²) in [5, 5.41) is 0.632. The van der Waals surface area contributed by atoms with Gasteiger partial charge in [0.1, 0.15) is 0 Å². The van der Waals surface area contributed by atoms with Crippen molar-refractivity contribution in [2.24, 2.45) is 5.92 Å². The van der Waals surface area contributed by atoms with Crippen LogP contribution in [0.25, 0.3) is 11.4 Å². The van der Waals surface area contributed by atoms with Crippen LogP contribution in [0, 0.1) is 12.8 Å². The van der Waals surface area contributed by atoms with Gasteiger partial charge in [0.05, 0.1) is 18.9 Å². The van der Waals surface area contributed by atoms with Gasteiger partial charge in [0.25, 0.3) is 5.88 Å². The summed E-state index contributed by atoms with van der Waals surface area (Å²) < 4.78 is 15.9. The van der Waals surface area contributed by atoms with Gasteiger partial charge in [0.15, 0.2) is 5.82 Å². The van der Waals surface area contributed by atoms with E-state index in [4.69, 9.17) is 25.8 Å². The summed E-state index contributed by atoms with van der Waals surface area (Å²) in [6, 6.07) is 7.19. The predicted molar refractivity (Wildman–Crippen MR) is 93.1 cm³/mol. The molecule has 1 aromatic heterocycles. The molecule has 2 aromatic rings. The zero-order chi connectivity index (χ0) is 17.8. The fourth-order valence-electron chi connectivity index (χ4n) is 2.19. The van der Waals surface area contributed by atoms with Crippen molar-refractivity contribution in [3.63, 3.8) is 0 Å². The van der Waals surface area contributed by atoms with E-state index in [0.717, 1.165) is 18.4 Å². The van der Waals surface area contributed by atoms with E-state index < -0.39 is 6.16 Å². The summed E-state index contributed by atoms with van der Waals surface area (Å²) >= 11 is 5.93. The van der Waals surface area contributed by atoms with Crippen LogP contribution >= 0.6 is 11.6 Å². The Balaban J connectivity index is 1.92. The van der Waals surface area contributed by atoms with Gasteiger partial charge >= 0.3 is 6.16 Å². The van der Waals surface area contributed by atoms with Gasteiger partial charge in [-0.3, -0.25) is 0 Å². The molecular formula is C18H19ClN2O4. The summed E-state index contributed by atoms with van der Waals surface area (Å²) in [5.41, 5.74) is 1.30. The van der Waals surface area contributed by atoms with E-state index in [9.17, 15) is 4.79 Å². The quantitative estimate of drug-likeness (QED) is 0.708.